The quantitative estimate of drug-likeness (QED) is 0.389. The normalized spacial score (nSPS) is 26.8. The number of carbonyl (C=O) groups is 3. The van der Waals surface area contributed by atoms with E-state index in [1.807, 2.05) is 0 Å². The van der Waals surface area contributed by atoms with E-state index in [4.69, 9.17) is 13.8 Å². The van der Waals surface area contributed by atoms with Gasteiger partial charge in [0.25, 0.3) is 0 Å². The van der Waals surface area contributed by atoms with Gasteiger partial charge in [-0.2, -0.15) is 0 Å². The topological polar surface area (TPSA) is 129 Å². The van der Waals surface area contributed by atoms with E-state index < -0.39 is 48.8 Å². The third-order valence-corrected chi connectivity index (χ3v) is 7.29. The van der Waals surface area contributed by atoms with Crippen LogP contribution in [0.4, 0.5) is 0 Å². The van der Waals surface area contributed by atoms with Crippen molar-refractivity contribution in [2.75, 3.05) is 20.3 Å². The average molecular weight is 491 g/mol. The lowest BCUT2D eigenvalue weighted by molar-refractivity contribution is -0.159. The number of methoxy groups -OCH3 is 1. The highest BCUT2D eigenvalue weighted by molar-refractivity contribution is 7.51. The Morgan fingerprint density at radius 2 is 1.79 bits per heavy atom. The fourth-order valence-corrected chi connectivity index (χ4v) is 5.96. The van der Waals surface area contributed by atoms with E-state index in [-0.39, 0.29) is 25.5 Å². The van der Waals surface area contributed by atoms with E-state index in [1.165, 1.54) is 7.11 Å². The fourth-order valence-electron chi connectivity index (χ4n) is 3.95. The van der Waals surface area contributed by atoms with Gasteiger partial charge < -0.3 is 14.8 Å². The number of hydrogen-bond donors (Lipinski definition) is 2. The molecule has 0 spiro atoms. The molecule has 1 saturated heterocycles. The molecule has 11 heteroatoms. The van der Waals surface area contributed by atoms with Gasteiger partial charge in [0.1, 0.15) is 11.6 Å². The zero-order valence-electron chi connectivity index (χ0n) is 20.6. The maximum absolute atomic E-state index is 13.6. The highest BCUT2D eigenvalue weighted by Gasteiger charge is 2.50. The molecule has 33 heavy (non-hydrogen) atoms. The minimum absolute atomic E-state index is 0.00416. The highest BCUT2D eigenvalue weighted by atomic mass is 31.2. The van der Waals surface area contributed by atoms with Crippen LogP contribution < -0.4 is 10.4 Å². The Bertz CT molecular complexity index is 758. The molecule has 1 unspecified atom stereocenters. The smallest absolute Gasteiger partial charge is 0.407 e. The standard InChI is InChI=1S/C22H39N2O8P/c1-21(2,3)31-20(27)17(15-10-8-7-9-11-15)24-33(28)30-14-22(4,5)18(32-33)19(26)23-13-12-16(25)29-6/h15,17-18H,7-14H2,1-6H3,(H,23,26)(H,24,28)/t17-,18-,33?/m0/s1. The summed E-state index contributed by atoms with van der Waals surface area (Å²) in [5.74, 6) is -1.56. The van der Waals surface area contributed by atoms with Crippen molar-refractivity contribution in [2.24, 2.45) is 11.3 Å². The van der Waals surface area contributed by atoms with Crippen molar-refractivity contribution < 1.29 is 37.5 Å². The van der Waals surface area contributed by atoms with Gasteiger partial charge in [0, 0.05) is 12.0 Å². The molecule has 3 atom stereocenters. The first-order valence-corrected chi connectivity index (χ1v) is 13.1. The van der Waals surface area contributed by atoms with E-state index in [2.05, 4.69) is 15.1 Å². The monoisotopic (exact) mass is 490 g/mol. The summed E-state index contributed by atoms with van der Waals surface area (Å²) in [6.07, 6.45) is 3.51. The summed E-state index contributed by atoms with van der Waals surface area (Å²) >= 11 is 0. The summed E-state index contributed by atoms with van der Waals surface area (Å²) in [7, 11) is -2.74. The molecule has 0 aromatic heterocycles. The van der Waals surface area contributed by atoms with Gasteiger partial charge in [-0.1, -0.05) is 33.1 Å². The third-order valence-electron chi connectivity index (χ3n) is 5.73. The molecule has 0 aromatic rings. The maximum Gasteiger partial charge on any atom is 0.407 e. The van der Waals surface area contributed by atoms with Gasteiger partial charge in [-0.15, -0.1) is 0 Å². The van der Waals surface area contributed by atoms with Gasteiger partial charge in [0.2, 0.25) is 5.91 Å². The van der Waals surface area contributed by atoms with Gasteiger partial charge in [0.05, 0.1) is 20.1 Å². The van der Waals surface area contributed by atoms with Crippen LogP contribution in [0.5, 0.6) is 0 Å². The second kappa shape index (κ2) is 11.3. The highest BCUT2D eigenvalue weighted by Crippen LogP contribution is 2.54. The summed E-state index contributed by atoms with van der Waals surface area (Å²) in [5.41, 5.74) is -1.49. The molecular weight excluding hydrogens is 451 g/mol. The zero-order chi connectivity index (χ0) is 24.9. The summed E-state index contributed by atoms with van der Waals surface area (Å²) in [5, 5.41) is 5.43. The number of carbonyl (C=O) groups excluding carboxylic acids is 3. The van der Waals surface area contributed by atoms with Crippen LogP contribution in [0.15, 0.2) is 0 Å². The largest absolute Gasteiger partial charge is 0.469 e. The molecule has 1 aliphatic carbocycles. The fraction of sp³-hybridized carbons (Fsp3) is 0.864. The van der Waals surface area contributed by atoms with E-state index in [9.17, 15) is 18.9 Å². The van der Waals surface area contributed by atoms with Crippen molar-refractivity contribution >= 4 is 25.6 Å². The van der Waals surface area contributed by atoms with Crippen molar-refractivity contribution in [3.63, 3.8) is 0 Å². The van der Waals surface area contributed by atoms with E-state index in [1.54, 1.807) is 34.6 Å². The minimum Gasteiger partial charge on any atom is -0.469 e. The van der Waals surface area contributed by atoms with Crippen LogP contribution in [-0.2, 0) is 37.5 Å². The molecule has 1 aliphatic heterocycles. The lowest BCUT2D eigenvalue weighted by Gasteiger charge is -2.42. The van der Waals surface area contributed by atoms with Crippen LogP contribution in [0.1, 0.15) is 73.1 Å². The number of rotatable bonds is 8. The Labute approximate surface area is 196 Å². The first-order valence-electron chi connectivity index (χ1n) is 11.5. The van der Waals surface area contributed by atoms with Crippen LogP contribution in [-0.4, -0.2) is 55.9 Å². The van der Waals surface area contributed by atoms with Crippen molar-refractivity contribution in [1.29, 1.82) is 0 Å². The van der Waals surface area contributed by atoms with Crippen molar-refractivity contribution in [3.8, 4) is 0 Å². The van der Waals surface area contributed by atoms with E-state index in [0.717, 1.165) is 32.1 Å². The second-order valence-electron chi connectivity index (χ2n) is 10.4. The molecule has 2 aliphatic rings. The molecule has 10 nitrogen and oxygen atoms in total. The Morgan fingerprint density at radius 3 is 2.36 bits per heavy atom. The van der Waals surface area contributed by atoms with Crippen LogP contribution in [0.3, 0.4) is 0 Å². The average Bonchev–Trinajstić information content (AvgIpc) is 2.73. The third kappa shape index (κ3) is 8.35. The second-order valence-corrected chi connectivity index (χ2v) is 12.1. The number of ether oxygens (including phenoxy) is 2. The molecule has 2 N–H and O–H groups in total. The van der Waals surface area contributed by atoms with E-state index in [0.29, 0.717) is 0 Å². The molecule has 1 saturated carbocycles. The number of hydrogen-bond acceptors (Lipinski definition) is 8. The number of esters is 2. The Morgan fingerprint density at radius 1 is 1.15 bits per heavy atom. The summed E-state index contributed by atoms with van der Waals surface area (Å²) in [4.78, 5) is 37.1. The van der Waals surface area contributed by atoms with Gasteiger partial charge in [-0.05, 0) is 39.5 Å². The maximum atomic E-state index is 13.6. The van der Waals surface area contributed by atoms with Crippen LogP contribution in [0.25, 0.3) is 0 Å². The SMILES string of the molecule is COC(=O)CCNC(=O)[C@@H]1OP(=O)(N[C@H](C(=O)OC(C)(C)C)C2CCCCC2)OCC1(C)C. The molecule has 190 valence electrons. The van der Waals surface area contributed by atoms with Crippen LogP contribution >= 0.6 is 7.75 Å². The van der Waals surface area contributed by atoms with Gasteiger partial charge in [-0.25, -0.2) is 9.65 Å². The Balaban J connectivity index is 2.15. The summed E-state index contributed by atoms with van der Waals surface area (Å²) in [6.45, 7) is 8.88. The predicted octanol–water partition coefficient (Wildman–Crippen LogP) is 3.10. The molecule has 2 fully saturated rings. The van der Waals surface area contributed by atoms with Gasteiger partial charge in [-0.3, -0.25) is 23.4 Å². The number of amides is 1. The molecule has 0 radical (unpaired) electrons. The lowest BCUT2D eigenvalue weighted by Crippen LogP contribution is -2.53. The Hall–Kier alpha value is -1.48. The van der Waals surface area contributed by atoms with Crippen molar-refractivity contribution in [1.82, 2.24) is 10.4 Å². The first kappa shape index (κ1) is 27.8. The lowest BCUT2D eigenvalue weighted by atomic mass is 9.84. The molecular formula is C22H39N2O8P. The molecule has 1 amide bonds. The van der Waals surface area contributed by atoms with Gasteiger partial charge >= 0.3 is 19.7 Å². The van der Waals surface area contributed by atoms with Crippen LogP contribution in [0.2, 0.25) is 0 Å². The molecule has 2 rings (SSSR count). The zero-order valence-corrected chi connectivity index (χ0v) is 21.5. The van der Waals surface area contributed by atoms with Crippen LogP contribution in [0, 0.1) is 11.3 Å². The summed E-state index contributed by atoms with van der Waals surface area (Å²) in [6, 6.07) is -0.875. The van der Waals surface area contributed by atoms with E-state index >= 15 is 0 Å². The molecule has 1 heterocycles. The summed E-state index contributed by atoms with van der Waals surface area (Å²) < 4.78 is 35.0. The molecule has 0 bridgehead atoms. The van der Waals surface area contributed by atoms with Crippen molar-refractivity contribution in [3.05, 3.63) is 0 Å². The Kier molecular flexibility index (Phi) is 9.50. The van der Waals surface area contributed by atoms with Gasteiger partial charge in [0.15, 0.2) is 6.10 Å². The first-order chi connectivity index (χ1) is 15.3. The predicted molar refractivity (Wildman–Crippen MR) is 121 cm³/mol. The molecule has 0 aromatic carbocycles. The van der Waals surface area contributed by atoms with Crippen molar-refractivity contribution in [2.45, 2.75) is 90.9 Å². The number of nitrogens with one attached hydrogen (secondary N) is 2. The minimum atomic E-state index is -4.01.